The fourth-order valence-corrected chi connectivity index (χ4v) is 2.41. The SMILES string of the molecule is Cc1cc(N)nc(SCC(F)(F)c2ccccc2)n1. The van der Waals surface area contributed by atoms with Gasteiger partial charge in [-0.25, -0.2) is 18.7 Å². The fourth-order valence-electron chi connectivity index (χ4n) is 1.55. The minimum atomic E-state index is -2.92. The lowest BCUT2D eigenvalue weighted by Gasteiger charge is -2.15. The van der Waals surface area contributed by atoms with Gasteiger partial charge in [-0.05, 0) is 6.92 Å². The van der Waals surface area contributed by atoms with Crippen LogP contribution >= 0.6 is 11.8 Å². The second kappa shape index (κ2) is 5.52. The van der Waals surface area contributed by atoms with Crippen LogP contribution in [0.15, 0.2) is 41.6 Å². The van der Waals surface area contributed by atoms with E-state index < -0.39 is 11.7 Å². The van der Waals surface area contributed by atoms with Crippen molar-refractivity contribution in [2.45, 2.75) is 18.0 Å². The molecule has 1 heterocycles. The monoisotopic (exact) mass is 281 g/mol. The van der Waals surface area contributed by atoms with Crippen LogP contribution in [-0.4, -0.2) is 15.7 Å². The molecule has 6 heteroatoms. The van der Waals surface area contributed by atoms with Gasteiger partial charge >= 0.3 is 0 Å². The van der Waals surface area contributed by atoms with E-state index in [9.17, 15) is 8.78 Å². The maximum absolute atomic E-state index is 13.9. The second-order valence-corrected chi connectivity index (χ2v) is 5.02. The average molecular weight is 281 g/mol. The first-order valence-corrected chi connectivity index (χ1v) is 6.63. The highest BCUT2D eigenvalue weighted by molar-refractivity contribution is 7.99. The van der Waals surface area contributed by atoms with E-state index >= 15 is 0 Å². The summed E-state index contributed by atoms with van der Waals surface area (Å²) < 4.78 is 27.9. The second-order valence-electron chi connectivity index (χ2n) is 4.08. The minimum absolute atomic E-state index is 0.0110. The fraction of sp³-hybridized carbons (Fsp3) is 0.231. The number of nitrogen functional groups attached to an aromatic ring is 1. The number of nitrogens with zero attached hydrogens (tertiary/aromatic N) is 2. The van der Waals surface area contributed by atoms with Crippen LogP contribution in [0.1, 0.15) is 11.3 Å². The standard InChI is InChI=1S/C13H13F2N3S/c1-9-7-11(16)18-12(17-9)19-8-13(14,15)10-5-3-2-4-6-10/h2-7H,8H2,1H3,(H2,16,17,18). The molecular weight excluding hydrogens is 268 g/mol. The van der Waals surface area contributed by atoms with Crippen molar-refractivity contribution in [2.24, 2.45) is 0 Å². The molecule has 0 fully saturated rings. The van der Waals surface area contributed by atoms with E-state index in [1.807, 2.05) is 0 Å². The lowest BCUT2D eigenvalue weighted by atomic mass is 10.1. The molecule has 3 nitrogen and oxygen atoms in total. The highest BCUT2D eigenvalue weighted by Crippen LogP contribution is 2.33. The quantitative estimate of drug-likeness (QED) is 0.690. The summed E-state index contributed by atoms with van der Waals surface area (Å²) in [6.45, 7) is 1.75. The van der Waals surface area contributed by atoms with E-state index in [2.05, 4.69) is 9.97 Å². The normalized spacial score (nSPS) is 11.5. The summed E-state index contributed by atoms with van der Waals surface area (Å²) >= 11 is 0.898. The van der Waals surface area contributed by atoms with Crippen molar-refractivity contribution in [1.82, 2.24) is 9.97 Å². The summed E-state index contributed by atoms with van der Waals surface area (Å²) in [7, 11) is 0. The summed E-state index contributed by atoms with van der Waals surface area (Å²) in [4.78, 5) is 8.00. The molecule has 2 aromatic rings. The first kappa shape index (κ1) is 13.7. The lowest BCUT2D eigenvalue weighted by molar-refractivity contribution is 0.0231. The lowest BCUT2D eigenvalue weighted by Crippen LogP contribution is -2.16. The molecule has 0 aliphatic rings. The zero-order valence-corrected chi connectivity index (χ0v) is 11.1. The van der Waals surface area contributed by atoms with Crippen molar-refractivity contribution in [2.75, 3.05) is 11.5 Å². The number of aromatic nitrogens is 2. The molecule has 0 spiro atoms. The zero-order valence-electron chi connectivity index (χ0n) is 10.3. The molecule has 0 radical (unpaired) electrons. The number of rotatable bonds is 4. The first-order valence-electron chi connectivity index (χ1n) is 5.65. The molecule has 0 saturated heterocycles. The molecule has 100 valence electrons. The molecule has 0 saturated carbocycles. The zero-order chi connectivity index (χ0) is 13.9. The number of nitrogens with two attached hydrogens (primary N) is 1. The van der Waals surface area contributed by atoms with Gasteiger partial charge < -0.3 is 5.73 Å². The molecule has 2 rings (SSSR count). The number of halogens is 2. The maximum Gasteiger partial charge on any atom is 0.282 e. The Morgan fingerprint density at radius 3 is 2.53 bits per heavy atom. The Labute approximate surface area is 114 Å². The first-order chi connectivity index (χ1) is 8.97. The molecule has 0 unspecified atom stereocenters. The van der Waals surface area contributed by atoms with E-state index in [0.717, 1.165) is 11.8 Å². The Balaban J connectivity index is 2.09. The van der Waals surface area contributed by atoms with E-state index in [4.69, 9.17) is 5.73 Å². The largest absolute Gasteiger partial charge is 0.384 e. The van der Waals surface area contributed by atoms with Crippen molar-refractivity contribution < 1.29 is 8.78 Å². The summed E-state index contributed by atoms with van der Waals surface area (Å²) in [5.74, 6) is -3.05. The molecule has 0 aliphatic heterocycles. The highest BCUT2D eigenvalue weighted by atomic mass is 32.2. The highest BCUT2D eigenvalue weighted by Gasteiger charge is 2.31. The molecule has 2 N–H and O–H groups in total. The third-order valence-electron chi connectivity index (χ3n) is 2.43. The van der Waals surface area contributed by atoms with Gasteiger partial charge in [0.2, 0.25) is 0 Å². The summed E-state index contributed by atoms with van der Waals surface area (Å²) in [5, 5.41) is 0.271. The van der Waals surface area contributed by atoms with Gasteiger partial charge in [0.15, 0.2) is 5.16 Å². The van der Waals surface area contributed by atoms with Crippen LogP contribution in [0.3, 0.4) is 0 Å². The van der Waals surface area contributed by atoms with Crippen molar-refractivity contribution in [1.29, 1.82) is 0 Å². The van der Waals surface area contributed by atoms with Gasteiger partial charge in [0.05, 0.1) is 5.75 Å². The number of alkyl halides is 2. The van der Waals surface area contributed by atoms with Crippen LogP contribution in [0.5, 0.6) is 0 Å². The topological polar surface area (TPSA) is 51.8 Å². The van der Waals surface area contributed by atoms with Gasteiger partial charge in [-0.3, -0.25) is 0 Å². The van der Waals surface area contributed by atoms with Crippen molar-refractivity contribution in [3.05, 3.63) is 47.7 Å². The predicted octanol–water partition coefficient (Wildman–Crippen LogP) is 3.25. The van der Waals surface area contributed by atoms with Gasteiger partial charge in [0.1, 0.15) is 5.82 Å². The Bertz CT molecular complexity index is 541. The number of thioether (sulfide) groups is 1. The number of anilines is 1. The van der Waals surface area contributed by atoms with Crippen molar-refractivity contribution in [3.63, 3.8) is 0 Å². The van der Waals surface area contributed by atoms with Gasteiger partial charge in [-0.1, -0.05) is 42.1 Å². The Morgan fingerprint density at radius 2 is 1.89 bits per heavy atom. The number of hydrogen-bond acceptors (Lipinski definition) is 4. The maximum atomic E-state index is 13.9. The molecule has 0 aliphatic carbocycles. The Morgan fingerprint density at radius 1 is 1.21 bits per heavy atom. The van der Waals surface area contributed by atoms with E-state index in [0.29, 0.717) is 5.69 Å². The predicted molar refractivity (Wildman–Crippen MR) is 72.2 cm³/mol. The van der Waals surface area contributed by atoms with Crippen molar-refractivity contribution in [3.8, 4) is 0 Å². The van der Waals surface area contributed by atoms with Crippen molar-refractivity contribution >= 4 is 17.6 Å². The number of aryl methyl sites for hydroxylation is 1. The summed E-state index contributed by atoms with van der Waals surface area (Å²) in [6, 6.07) is 9.30. The molecule has 1 aromatic carbocycles. The van der Waals surface area contributed by atoms with Gasteiger partial charge in [0, 0.05) is 17.3 Å². The number of hydrogen-bond donors (Lipinski definition) is 1. The number of benzene rings is 1. The van der Waals surface area contributed by atoms with E-state index in [-0.39, 0.29) is 16.5 Å². The van der Waals surface area contributed by atoms with E-state index in [1.54, 1.807) is 31.2 Å². The van der Waals surface area contributed by atoms with Crippen LogP contribution in [0.25, 0.3) is 0 Å². The summed E-state index contributed by atoms with van der Waals surface area (Å²) in [6.07, 6.45) is 0. The molecule has 1 aromatic heterocycles. The smallest absolute Gasteiger partial charge is 0.282 e. The molecule has 0 bridgehead atoms. The van der Waals surface area contributed by atoms with Gasteiger partial charge in [-0.2, -0.15) is 0 Å². The average Bonchev–Trinajstić information content (AvgIpc) is 2.37. The third-order valence-corrected chi connectivity index (χ3v) is 3.38. The molecular formula is C13H13F2N3S. The van der Waals surface area contributed by atoms with Crippen LogP contribution in [-0.2, 0) is 5.92 Å². The Kier molecular flexibility index (Phi) is 3.99. The molecule has 19 heavy (non-hydrogen) atoms. The Hall–Kier alpha value is -1.69. The van der Waals surface area contributed by atoms with Crippen LogP contribution < -0.4 is 5.73 Å². The minimum Gasteiger partial charge on any atom is -0.384 e. The van der Waals surface area contributed by atoms with Gasteiger partial charge in [0.25, 0.3) is 5.92 Å². The molecule has 0 atom stereocenters. The van der Waals surface area contributed by atoms with Crippen LogP contribution in [0, 0.1) is 6.92 Å². The van der Waals surface area contributed by atoms with Crippen LogP contribution in [0.2, 0.25) is 0 Å². The van der Waals surface area contributed by atoms with E-state index in [1.165, 1.54) is 12.1 Å². The van der Waals surface area contributed by atoms with Gasteiger partial charge in [-0.15, -0.1) is 0 Å². The molecule has 0 amide bonds. The summed E-state index contributed by atoms with van der Waals surface area (Å²) in [5.41, 5.74) is 6.21. The van der Waals surface area contributed by atoms with Crippen LogP contribution in [0.4, 0.5) is 14.6 Å². The third kappa shape index (κ3) is 3.64.